The Morgan fingerprint density at radius 1 is 1.11 bits per heavy atom. The lowest BCUT2D eigenvalue weighted by atomic mass is 10.2. The highest BCUT2D eigenvalue weighted by Gasteiger charge is 2.35. The van der Waals surface area contributed by atoms with Gasteiger partial charge in [-0.3, -0.25) is 4.79 Å². The number of hydrogen-bond acceptors (Lipinski definition) is 4. The first-order chi connectivity index (χ1) is 12.7. The molecule has 0 spiro atoms. The second kappa shape index (κ2) is 7.56. The molecule has 1 heterocycles. The van der Waals surface area contributed by atoms with Crippen LogP contribution in [-0.2, 0) is 11.0 Å². The van der Waals surface area contributed by atoms with E-state index in [1.807, 2.05) is 25.1 Å². The summed E-state index contributed by atoms with van der Waals surface area (Å²) in [7, 11) is 0. The predicted molar refractivity (Wildman–Crippen MR) is 99.7 cm³/mol. The van der Waals surface area contributed by atoms with E-state index in [1.54, 1.807) is 31.2 Å². The van der Waals surface area contributed by atoms with Crippen LogP contribution in [0, 0.1) is 6.92 Å². The number of carbonyl (C=O) groups is 1. The van der Waals surface area contributed by atoms with Crippen molar-refractivity contribution in [1.82, 2.24) is 9.97 Å². The van der Waals surface area contributed by atoms with Crippen LogP contribution in [0.25, 0.3) is 10.9 Å². The van der Waals surface area contributed by atoms with E-state index < -0.39 is 17.3 Å². The Balaban J connectivity index is 1.87. The van der Waals surface area contributed by atoms with Crippen LogP contribution in [0.5, 0.6) is 0 Å². The second-order valence-electron chi connectivity index (χ2n) is 5.99. The Morgan fingerprint density at radius 2 is 1.85 bits per heavy atom. The van der Waals surface area contributed by atoms with Crippen molar-refractivity contribution in [3.63, 3.8) is 0 Å². The van der Waals surface area contributed by atoms with Crippen LogP contribution in [0.2, 0.25) is 0 Å². The standard InChI is InChI=1S/C19H16F3N3OS/c1-11-6-5-7-13(10-11)23-16(26)12(2)27-17-14-8-3-4-9-15(14)24-18(25-17)19(20,21)22/h3-10,12H,1-2H3,(H,23,26)/t12-/m0/s1. The van der Waals surface area contributed by atoms with Gasteiger partial charge in [0.25, 0.3) is 0 Å². The molecule has 0 bridgehead atoms. The van der Waals surface area contributed by atoms with Gasteiger partial charge in [0, 0.05) is 11.1 Å². The number of alkyl halides is 3. The van der Waals surface area contributed by atoms with Crippen molar-refractivity contribution < 1.29 is 18.0 Å². The molecule has 8 heteroatoms. The van der Waals surface area contributed by atoms with Crippen molar-refractivity contribution in [2.45, 2.75) is 30.3 Å². The molecule has 1 amide bonds. The average Bonchev–Trinajstić information content (AvgIpc) is 2.60. The number of hydrogen-bond donors (Lipinski definition) is 1. The van der Waals surface area contributed by atoms with Crippen LogP contribution >= 0.6 is 11.8 Å². The fourth-order valence-electron chi connectivity index (χ4n) is 2.45. The third kappa shape index (κ3) is 4.57. The summed E-state index contributed by atoms with van der Waals surface area (Å²) in [5.74, 6) is -1.53. The Labute approximate surface area is 158 Å². The maximum atomic E-state index is 13.1. The topological polar surface area (TPSA) is 54.9 Å². The molecule has 0 aliphatic heterocycles. The predicted octanol–water partition coefficient (Wildman–Crippen LogP) is 5.08. The van der Waals surface area contributed by atoms with E-state index in [4.69, 9.17) is 0 Å². The third-order valence-electron chi connectivity index (χ3n) is 3.77. The summed E-state index contributed by atoms with van der Waals surface area (Å²) in [6.45, 7) is 3.53. The summed E-state index contributed by atoms with van der Waals surface area (Å²) in [5, 5.41) is 2.72. The maximum absolute atomic E-state index is 13.1. The Morgan fingerprint density at radius 3 is 2.56 bits per heavy atom. The van der Waals surface area contributed by atoms with E-state index >= 15 is 0 Å². The number of aryl methyl sites for hydroxylation is 1. The van der Waals surface area contributed by atoms with Crippen molar-refractivity contribution >= 4 is 34.3 Å². The van der Waals surface area contributed by atoms with Crippen LogP contribution in [-0.4, -0.2) is 21.1 Å². The summed E-state index contributed by atoms with van der Waals surface area (Å²) < 4.78 is 39.3. The number of benzene rings is 2. The highest BCUT2D eigenvalue weighted by molar-refractivity contribution is 8.00. The molecule has 3 rings (SSSR count). The zero-order chi connectivity index (χ0) is 19.6. The molecule has 0 unspecified atom stereocenters. The van der Waals surface area contributed by atoms with Crippen LogP contribution in [0.1, 0.15) is 18.3 Å². The fourth-order valence-corrected chi connectivity index (χ4v) is 3.39. The van der Waals surface area contributed by atoms with Crippen molar-refractivity contribution in [2.24, 2.45) is 0 Å². The summed E-state index contributed by atoms with van der Waals surface area (Å²) >= 11 is 0.972. The lowest BCUT2D eigenvalue weighted by Crippen LogP contribution is -2.23. The first-order valence-corrected chi connectivity index (χ1v) is 9.00. The van der Waals surface area contributed by atoms with Gasteiger partial charge in [-0.1, -0.05) is 42.1 Å². The molecule has 0 fully saturated rings. The molecule has 0 saturated carbocycles. The van der Waals surface area contributed by atoms with Gasteiger partial charge in [-0.05, 0) is 37.6 Å². The summed E-state index contributed by atoms with van der Waals surface area (Å²) in [6, 6.07) is 13.7. The van der Waals surface area contributed by atoms with Crippen LogP contribution in [0.4, 0.5) is 18.9 Å². The van der Waals surface area contributed by atoms with E-state index in [9.17, 15) is 18.0 Å². The molecule has 2 aromatic carbocycles. The van der Waals surface area contributed by atoms with Crippen LogP contribution < -0.4 is 5.32 Å². The molecule has 1 N–H and O–H groups in total. The van der Waals surface area contributed by atoms with Gasteiger partial charge >= 0.3 is 6.18 Å². The van der Waals surface area contributed by atoms with Crippen molar-refractivity contribution in [3.05, 3.63) is 59.9 Å². The Hall–Kier alpha value is -2.61. The first kappa shape index (κ1) is 19.2. The summed E-state index contributed by atoms with van der Waals surface area (Å²) in [6.07, 6.45) is -4.66. The van der Waals surface area contributed by atoms with Crippen LogP contribution in [0.15, 0.2) is 53.6 Å². The van der Waals surface area contributed by atoms with Gasteiger partial charge in [0.1, 0.15) is 5.03 Å². The Bertz CT molecular complexity index is 991. The molecule has 0 aliphatic rings. The minimum atomic E-state index is -4.66. The smallest absolute Gasteiger partial charge is 0.325 e. The van der Waals surface area contributed by atoms with Crippen molar-refractivity contribution in [1.29, 1.82) is 0 Å². The number of nitrogens with zero attached hydrogens (tertiary/aromatic N) is 2. The first-order valence-electron chi connectivity index (χ1n) is 8.12. The zero-order valence-electron chi connectivity index (χ0n) is 14.5. The number of thioether (sulfide) groups is 1. The molecule has 0 radical (unpaired) electrons. The van der Waals surface area contributed by atoms with E-state index in [0.29, 0.717) is 11.1 Å². The molecule has 27 heavy (non-hydrogen) atoms. The number of anilines is 1. The largest absolute Gasteiger partial charge is 0.451 e. The molecular weight excluding hydrogens is 375 g/mol. The van der Waals surface area contributed by atoms with Crippen molar-refractivity contribution in [3.8, 4) is 0 Å². The number of fused-ring (bicyclic) bond motifs is 1. The molecule has 1 aromatic heterocycles. The highest BCUT2D eigenvalue weighted by atomic mass is 32.2. The summed E-state index contributed by atoms with van der Waals surface area (Å²) in [4.78, 5) is 19.7. The number of rotatable bonds is 4. The van der Waals surface area contributed by atoms with Gasteiger partial charge in [0.15, 0.2) is 0 Å². The lowest BCUT2D eigenvalue weighted by Gasteiger charge is -2.14. The van der Waals surface area contributed by atoms with Gasteiger partial charge < -0.3 is 5.32 Å². The Kier molecular flexibility index (Phi) is 5.36. The number of nitrogens with one attached hydrogen (secondary N) is 1. The molecule has 4 nitrogen and oxygen atoms in total. The van der Waals surface area contributed by atoms with Crippen molar-refractivity contribution in [2.75, 3.05) is 5.32 Å². The lowest BCUT2D eigenvalue weighted by molar-refractivity contribution is -0.145. The number of halogens is 3. The number of carbonyl (C=O) groups excluding carboxylic acids is 1. The second-order valence-corrected chi connectivity index (χ2v) is 7.32. The molecule has 1 atom stereocenters. The third-order valence-corrected chi connectivity index (χ3v) is 4.87. The monoisotopic (exact) mass is 391 g/mol. The van der Waals surface area contributed by atoms with E-state index in [1.165, 1.54) is 6.07 Å². The van der Waals surface area contributed by atoms with E-state index in [0.717, 1.165) is 17.3 Å². The van der Waals surface area contributed by atoms with E-state index in [2.05, 4.69) is 15.3 Å². The molecule has 3 aromatic rings. The fraction of sp³-hybridized carbons (Fsp3) is 0.211. The van der Waals surface area contributed by atoms with Gasteiger partial charge in [-0.25, -0.2) is 9.97 Å². The van der Waals surface area contributed by atoms with Gasteiger partial charge in [-0.15, -0.1) is 0 Å². The number of amides is 1. The summed E-state index contributed by atoms with van der Waals surface area (Å²) in [5.41, 5.74) is 1.81. The van der Waals surface area contributed by atoms with E-state index in [-0.39, 0.29) is 16.4 Å². The molecular formula is C19H16F3N3OS. The highest BCUT2D eigenvalue weighted by Crippen LogP contribution is 2.33. The minimum absolute atomic E-state index is 0.125. The number of para-hydroxylation sites is 1. The molecule has 0 saturated heterocycles. The molecule has 140 valence electrons. The normalized spacial score (nSPS) is 12.8. The molecule has 0 aliphatic carbocycles. The maximum Gasteiger partial charge on any atom is 0.451 e. The number of aromatic nitrogens is 2. The van der Waals surface area contributed by atoms with Gasteiger partial charge in [-0.2, -0.15) is 13.2 Å². The minimum Gasteiger partial charge on any atom is -0.325 e. The quantitative estimate of drug-likeness (QED) is 0.498. The zero-order valence-corrected chi connectivity index (χ0v) is 15.4. The van der Waals surface area contributed by atoms with Gasteiger partial charge in [0.05, 0.1) is 10.8 Å². The average molecular weight is 391 g/mol. The van der Waals surface area contributed by atoms with Gasteiger partial charge in [0.2, 0.25) is 11.7 Å². The SMILES string of the molecule is Cc1cccc(NC(=O)[C@H](C)Sc2nc(C(F)(F)F)nc3ccccc23)c1. The van der Waals surface area contributed by atoms with Crippen LogP contribution in [0.3, 0.4) is 0 Å².